The molecule has 0 aliphatic rings. The molecule has 5 heteroatoms. The number of thioether (sulfide) groups is 1. The van der Waals surface area contributed by atoms with Gasteiger partial charge in [0.1, 0.15) is 0 Å². The second-order valence-corrected chi connectivity index (χ2v) is 9.27. The van der Waals surface area contributed by atoms with Crippen molar-refractivity contribution in [2.75, 3.05) is 42.3 Å². The third-order valence-electron chi connectivity index (χ3n) is 2.85. The summed E-state index contributed by atoms with van der Waals surface area (Å²) >= 11 is 1.87. The van der Waals surface area contributed by atoms with Gasteiger partial charge < -0.3 is 0 Å². The van der Waals surface area contributed by atoms with E-state index in [1.54, 1.807) is 11.8 Å². The minimum Gasteiger partial charge on any atom is -0.182 e. The molecule has 0 bridgehead atoms. The van der Waals surface area contributed by atoms with Crippen LogP contribution in [-0.2, 0) is 11.5 Å². The van der Waals surface area contributed by atoms with Gasteiger partial charge in [0.25, 0.3) is 11.5 Å². The lowest BCUT2D eigenvalue weighted by Gasteiger charge is -2.20. The smallest absolute Gasteiger partial charge is 0.182 e. The molecule has 3 nitrogen and oxygen atoms in total. The Morgan fingerprint density at radius 2 is 1.08 bits per heavy atom. The number of hydrogen-bond donors (Lipinski definition) is 0. The van der Waals surface area contributed by atoms with Gasteiger partial charge in [-0.15, -0.1) is 17.9 Å². The predicted molar refractivity (Wildman–Crippen MR) is 111 cm³/mol. The summed E-state index contributed by atoms with van der Waals surface area (Å²) < 4.78 is 6.58. The van der Waals surface area contributed by atoms with Crippen LogP contribution in [-0.4, -0.2) is 55.2 Å². The summed E-state index contributed by atoms with van der Waals surface area (Å²) in [6.45, 7) is 0. The summed E-state index contributed by atoms with van der Waals surface area (Å²) in [6.07, 6.45) is 0. The maximum absolute atomic E-state index is 2.19. The van der Waals surface area contributed by atoms with E-state index in [4.69, 9.17) is 0 Å². The van der Waals surface area contributed by atoms with Crippen LogP contribution in [0.2, 0.25) is 0 Å². The van der Waals surface area contributed by atoms with Crippen molar-refractivity contribution < 1.29 is 0 Å². The second kappa shape index (κ2) is 11.4. The van der Waals surface area contributed by atoms with Gasteiger partial charge in [-0.2, -0.15) is 29.5 Å². The van der Waals surface area contributed by atoms with Crippen LogP contribution in [0.3, 0.4) is 0 Å². The zero-order valence-electron chi connectivity index (χ0n) is 15.5. The monoisotopic (exact) mass is 363 g/mol. The first-order valence-corrected chi connectivity index (χ1v) is 9.76. The summed E-state index contributed by atoms with van der Waals surface area (Å²) in [5, 5.41) is 0. The standard InChI is InChI=1S/C13H11S.C6H18N3S/c1-3-7-12(8-4-1)11-14-13-9-5-2-6-10-13;1-7(2)10(8(3)4)9(5)6/h1-11H;1-6H3/q-1;+1. The van der Waals surface area contributed by atoms with Gasteiger partial charge in [0.15, 0.2) is 0 Å². The molecule has 2 aromatic carbocycles. The van der Waals surface area contributed by atoms with Crippen LogP contribution >= 0.6 is 11.8 Å². The van der Waals surface area contributed by atoms with Gasteiger partial charge in [-0.3, -0.25) is 0 Å². The summed E-state index contributed by atoms with van der Waals surface area (Å²) in [4.78, 5) is 1.27. The minimum atomic E-state index is 0.120. The largest absolute Gasteiger partial charge is 0.266 e. The third-order valence-corrected chi connectivity index (χ3v) is 5.75. The van der Waals surface area contributed by atoms with Crippen LogP contribution in [0, 0.1) is 5.75 Å². The van der Waals surface area contributed by atoms with Crippen molar-refractivity contribution in [2.45, 2.75) is 4.90 Å². The average molecular weight is 364 g/mol. The zero-order valence-corrected chi connectivity index (χ0v) is 17.1. The third kappa shape index (κ3) is 8.13. The van der Waals surface area contributed by atoms with E-state index < -0.39 is 0 Å². The van der Waals surface area contributed by atoms with E-state index in [1.807, 2.05) is 12.1 Å². The normalized spacial score (nSPS) is 10.9. The lowest BCUT2D eigenvalue weighted by Crippen LogP contribution is -2.44. The van der Waals surface area contributed by atoms with Crippen LogP contribution in [0.5, 0.6) is 0 Å². The van der Waals surface area contributed by atoms with Crippen molar-refractivity contribution in [3.05, 3.63) is 72.0 Å². The van der Waals surface area contributed by atoms with Crippen molar-refractivity contribution in [3.8, 4) is 0 Å². The van der Waals surface area contributed by atoms with Gasteiger partial charge >= 0.3 is 0 Å². The van der Waals surface area contributed by atoms with Crippen LogP contribution < -0.4 is 0 Å². The Morgan fingerprint density at radius 1 is 0.667 bits per heavy atom. The molecule has 0 spiro atoms. The quantitative estimate of drug-likeness (QED) is 0.435. The van der Waals surface area contributed by atoms with E-state index in [-0.39, 0.29) is 11.5 Å². The molecular weight excluding hydrogens is 334 g/mol. The van der Waals surface area contributed by atoms with Gasteiger partial charge in [0, 0.05) is 42.3 Å². The highest BCUT2D eigenvalue weighted by molar-refractivity contribution is 8.01. The molecular formula is C19H29N3S2. The average Bonchev–Trinajstić information content (AvgIpc) is 2.54. The molecule has 132 valence electrons. The van der Waals surface area contributed by atoms with Crippen LogP contribution in [0.25, 0.3) is 0 Å². The maximum Gasteiger partial charge on any atom is 0.266 e. The Morgan fingerprint density at radius 3 is 1.46 bits per heavy atom. The van der Waals surface area contributed by atoms with E-state index in [0.29, 0.717) is 0 Å². The molecule has 0 radical (unpaired) electrons. The first-order valence-electron chi connectivity index (χ1n) is 7.78. The van der Waals surface area contributed by atoms with E-state index >= 15 is 0 Å². The molecule has 2 rings (SSSR count). The maximum atomic E-state index is 2.19. The molecule has 2 aromatic rings. The SMILES string of the molecule is CN(C)[S+](N(C)C)N(C)C.c1ccc([CH-]Sc2ccccc2)cc1. The molecule has 0 aliphatic carbocycles. The topological polar surface area (TPSA) is 9.72 Å². The minimum absolute atomic E-state index is 0.120. The van der Waals surface area contributed by atoms with E-state index in [9.17, 15) is 0 Å². The van der Waals surface area contributed by atoms with E-state index in [0.717, 1.165) is 0 Å². The fourth-order valence-corrected chi connectivity index (χ4v) is 4.85. The van der Waals surface area contributed by atoms with E-state index in [1.165, 1.54) is 10.5 Å². The van der Waals surface area contributed by atoms with Crippen molar-refractivity contribution in [1.29, 1.82) is 0 Å². The first-order chi connectivity index (χ1) is 11.4. The van der Waals surface area contributed by atoms with Crippen molar-refractivity contribution in [2.24, 2.45) is 0 Å². The van der Waals surface area contributed by atoms with E-state index in [2.05, 4.69) is 109 Å². The predicted octanol–water partition coefficient (Wildman–Crippen LogP) is 4.02. The summed E-state index contributed by atoms with van der Waals surface area (Å²) in [6, 6.07) is 20.7. The second-order valence-electron chi connectivity index (χ2n) is 5.64. The fraction of sp³-hybridized carbons (Fsp3) is 0.316. The Bertz CT molecular complexity index is 487. The molecule has 0 heterocycles. The van der Waals surface area contributed by atoms with Crippen molar-refractivity contribution in [1.82, 2.24) is 12.9 Å². The molecule has 0 saturated heterocycles. The highest BCUT2D eigenvalue weighted by Crippen LogP contribution is 2.23. The Balaban J connectivity index is 0.000000257. The molecule has 0 aliphatic heterocycles. The molecule has 0 fully saturated rings. The summed E-state index contributed by atoms with van der Waals surface area (Å²) in [5.41, 5.74) is 1.25. The van der Waals surface area contributed by atoms with Crippen LogP contribution in [0.15, 0.2) is 65.6 Å². The van der Waals surface area contributed by atoms with Gasteiger partial charge in [-0.05, 0) is 17.0 Å². The van der Waals surface area contributed by atoms with Gasteiger partial charge in [0.05, 0.1) is 0 Å². The fourth-order valence-electron chi connectivity index (χ4n) is 2.15. The van der Waals surface area contributed by atoms with Crippen LogP contribution in [0.4, 0.5) is 0 Å². The van der Waals surface area contributed by atoms with Crippen LogP contribution in [0.1, 0.15) is 5.56 Å². The van der Waals surface area contributed by atoms with Crippen molar-refractivity contribution in [3.63, 3.8) is 0 Å². The molecule has 0 aromatic heterocycles. The molecule has 0 atom stereocenters. The Labute approximate surface area is 155 Å². The highest BCUT2D eigenvalue weighted by atomic mass is 32.2. The zero-order chi connectivity index (χ0) is 17.9. The number of rotatable bonds is 6. The number of nitrogens with zero attached hydrogens (tertiary/aromatic N) is 3. The highest BCUT2D eigenvalue weighted by Gasteiger charge is 2.29. The molecule has 0 amide bonds. The Hall–Kier alpha value is -1.11. The molecule has 0 unspecified atom stereocenters. The lowest BCUT2D eigenvalue weighted by atomic mass is 10.2. The molecule has 0 saturated carbocycles. The molecule has 24 heavy (non-hydrogen) atoms. The van der Waals surface area contributed by atoms with Crippen molar-refractivity contribution >= 4 is 23.2 Å². The van der Waals surface area contributed by atoms with Gasteiger partial charge in [-0.25, -0.2) is 0 Å². The number of benzene rings is 2. The summed E-state index contributed by atoms with van der Waals surface area (Å²) in [7, 11) is 12.5. The summed E-state index contributed by atoms with van der Waals surface area (Å²) in [5.74, 6) is 2.16. The Kier molecular flexibility index (Phi) is 9.98. The number of hydrogen-bond acceptors (Lipinski definition) is 4. The lowest BCUT2D eigenvalue weighted by molar-refractivity contribution is 0.511. The first kappa shape index (κ1) is 20.9. The van der Waals surface area contributed by atoms with Gasteiger partial charge in [0.2, 0.25) is 0 Å². The molecule has 0 N–H and O–H groups in total. The van der Waals surface area contributed by atoms with Gasteiger partial charge in [-0.1, -0.05) is 37.2 Å².